The summed E-state index contributed by atoms with van der Waals surface area (Å²) < 4.78 is 0. The molecule has 1 heterocycles. The molecule has 0 aromatic heterocycles. The van der Waals surface area contributed by atoms with Gasteiger partial charge in [-0.1, -0.05) is 11.6 Å². The SMILES string of the molecule is CC1CCCCN1c1ccc(Cl)cc1NC=O. The fourth-order valence-electron chi connectivity index (χ4n) is 2.39. The minimum atomic E-state index is 0.511. The number of benzene rings is 1. The van der Waals surface area contributed by atoms with Crippen LogP contribution in [0.4, 0.5) is 11.4 Å². The molecule has 2 rings (SSSR count). The second kappa shape index (κ2) is 5.41. The molecule has 0 saturated carbocycles. The summed E-state index contributed by atoms with van der Waals surface area (Å²) in [5.41, 5.74) is 1.86. The highest BCUT2D eigenvalue weighted by Crippen LogP contribution is 2.33. The summed E-state index contributed by atoms with van der Waals surface area (Å²) in [4.78, 5) is 13.0. The zero-order valence-corrected chi connectivity index (χ0v) is 10.7. The molecule has 1 atom stereocenters. The summed E-state index contributed by atoms with van der Waals surface area (Å²) in [7, 11) is 0. The number of anilines is 2. The Bertz CT molecular complexity index is 408. The lowest BCUT2D eigenvalue weighted by atomic mass is 10.0. The number of nitrogens with one attached hydrogen (secondary N) is 1. The largest absolute Gasteiger partial charge is 0.367 e. The molecule has 1 aromatic carbocycles. The number of amides is 1. The fraction of sp³-hybridized carbons (Fsp3) is 0.462. The maximum absolute atomic E-state index is 10.6. The Labute approximate surface area is 107 Å². The quantitative estimate of drug-likeness (QED) is 0.838. The van der Waals surface area contributed by atoms with Crippen molar-refractivity contribution in [1.82, 2.24) is 0 Å². The third-order valence-corrected chi connectivity index (χ3v) is 3.52. The van der Waals surface area contributed by atoms with Gasteiger partial charge >= 0.3 is 0 Å². The Hall–Kier alpha value is -1.22. The minimum Gasteiger partial charge on any atom is -0.367 e. The molecule has 4 heteroatoms. The smallest absolute Gasteiger partial charge is 0.211 e. The highest BCUT2D eigenvalue weighted by molar-refractivity contribution is 6.31. The number of hydrogen-bond acceptors (Lipinski definition) is 2. The third kappa shape index (κ3) is 2.72. The van der Waals surface area contributed by atoms with Crippen LogP contribution < -0.4 is 10.2 Å². The summed E-state index contributed by atoms with van der Waals surface area (Å²) in [5.74, 6) is 0. The standard InChI is InChI=1S/C13H17ClN2O/c1-10-4-2-3-7-16(10)13-6-5-11(14)8-12(13)15-9-17/h5-6,8-10H,2-4,7H2,1H3,(H,15,17). The van der Waals surface area contributed by atoms with E-state index in [4.69, 9.17) is 11.6 Å². The van der Waals surface area contributed by atoms with Crippen LogP contribution in [0.1, 0.15) is 26.2 Å². The molecule has 17 heavy (non-hydrogen) atoms. The van der Waals surface area contributed by atoms with Crippen LogP contribution in [0.3, 0.4) is 0 Å². The second-order valence-electron chi connectivity index (χ2n) is 4.46. The van der Waals surface area contributed by atoms with Crippen LogP contribution in [0, 0.1) is 0 Å². The van der Waals surface area contributed by atoms with E-state index < -0.39 is 0 Å². The van der Waals surface area contributed by atoms with E-state index in [0.29, 0.717) is 17.5 Å². The minimum absolute atomic E-state index is 0.511. The van der Waals surface area contributed by atoms with Gasteiger partial charge in [-0.3, -0.25) is 4.79 Å². The maximum Gasteiger partial charge on any atom is 0.211 e. The molecule has 1 unspecified atom stereocenters. The van der Waals surface area contributed by atoms with Gasteiger partial charge in [-0.25, -0.2) is 0 Å². The molecule has 1 aliphatic rings. The van der Waals surface area contributed by atoms with E-state index in [0.717, 1.165) is 17.9 Å². The molecule has 1 fully saturated rings. The molecule has 92 valence electrons. The lowest BCUT2D eigenvalue weighted by molar-refractivity contribution is -0.105. The predicted molar refractivity (Wildman–Crippen MR) is 71.8 cm³/mol. The van der Waals surface area contributed by atoms with Crippen LogP contribution in [0.25, 0.3) is 0 Å². The average Bonchev–Trinajstić information content (AvgIpc) is 2.31. The Kier molecular flexibility index (Phi) is 3.89. The van der Waals surface area contributed by atoms with E-state index in [9.17, 15) is 4.79 Å². The van der Waals surface area contributed by atoms with Gasteiger partial charge in [-0.2, -0.15) is 0 Å². The molecule has 1 N–H and O–H groups in total. The molecular weight excluding hydrogens is 236 g/mol. The molecule has 0 spiro atoms. The highest BCUT2D eigenvalue weighted by atomic mass is 35.5. The fourth-order valence-corrected chi connectivity index (χ4v) is 2.57. The first-order valence-electron chi connectivity index (χ1n) is 5.99. The van der Waals surface area contributed by atoms with Crippen LogP contribution in [-0.2, 0) is 4.79 Å². The second-order valence-corrected chi connectivity index (χ2v) is 4.90. The van der Waals surface area contributed by atoms with Gasteiger partial charge in [0.2, 0.25) is 6.41 Å². The van der Waals surface area contributed by atoms with E-state index in [2.05, 4.69) is 17.1 Å². The van der Waals surface area contributed by atoms with Crippen LogP contribution in [0.5, 0.6) is 0 Å². The van der Waals surface area contributed by atoms with Crippen molar-refractivity contribution >= 4 is 29.4 Å². The summed E-state index contributed by atoms with van der Waals surface area (Å²) in [6.45, 7) is 3.26. The van der Waals surface area contributed by atoms with Crippen LogP contribution in [0.15, 0.2) is 18.2 Å². The Morgan fingerprint density at radius 2 is 2.29 bits per heavy atom. The molecule has 0 bridgehead atoms. The lowest BCUT2D eigenvalue weighted by Gasteiger charge is -2.36. The van der Waals surface area contributed by atoms with E-state index in [1.807, 2.05) is 12.1 Å². The van der Waals surface area contributed by atoms with Gasteiger partial charge in [0, 0.05) is 17.6 Å². The van der Waals surface area contributed by atoms with Crippen molar-refractivity contribution in [2.24, 2.45) is 0 Å². The van der Waals surface area contributed by atoms with Crippen LogP contribution in [-0.4, -0.2) is 19.0 Å². The van der Waals surface area contributed by atoms with Crippen molar-refractivity contribution in [1.29, 1.82) is 0 Å². The van der Waals surface area contributed by atoms with Gasteiger partial charge in [-0.05, 0) is 44.4 Å². The van der Waals surface area contributed by atoms with Crippen molar-refractivity contribution in [3.8, 4) is 0 Å². The summed E-state index contributed by atoms with van der Waals surface area (Å²) in [6.07, 6.45) is 4.38. The summed E-state index contributed by atoms with van der Waals surface area (Å²) in [6, 6.07) is 6.16. The highest BCUT2D eigenvalue weighted by Gasteiger charge is 2.20. The monoisotopic (exact) mass is 252 g/mol. The number of carbonyl (C=O) groups excluding carboxylic acids is 1. The van der Waals surface area contributed by atoms with Crippen LogP contribution in [0.2, 0.25) is 5.02 Å². The van der Waals surface area contributed by atoms with Crippen molar-refractivity contribution in [2.45, 2.75) is 32.2 Å². The molecule has 0 aliphatic carbocycles. The Morgan fingerprint density at radius 3 is 3.00 bits per heavy atom. The first-order valence-corrected chi connectivity index (χ1v) is 6.36. The molecule has 1 saturated heterocycles. The van der Waals surface area contributed by atoms with E-state index in [1.165, 1.54) is 19.3 Å². The number of carbonyl (C=O) groups is 1. The zero-order valence-electron chi connectivity index (χ0n) is 9.95. The van der Waals surface area contributed by atoms with Crippen molar-refractivity contribution in [2.75, 3.05) is 16.8 Å². The molecule has 1 aliphatic heterocycles. The van der Waals surface area contributed by atoms with Crippen molar-refractivity contribution in [3.05, 3.63) is 23.2 Å². The van der Waals surface area contributed by atoms with Gasteiger partial charge < -0.3 is 10.2 Å². The lowest BCUT2D eigenvalue weighted by Crippen LogP contribution is -2.37. The number of nitrogens with zero attached hydrogens (tertiary/aromatic N) is 1. The van der Waals surface area contributed by atoms with E-state index in [1.54, 1.807) is 6.07 Å². The number of rotatable bonds is 3. The predicted octanol–water partition coefficient (Wildman–Crippen LogP) is 3.29. The van der Waals surface area contributed by atoms with Gasteiger partial charge in [-0.15, -0.1) is 0 Å². The number of halogens is 1. The number of piperidine rings is 1. The first kappa shape index (κ1) is 12.2. The van der Waals surface area contributed by atoms with Gasteiger partial charge in [0.25, 0.3) is 0 Å². The molecule has 1 aromatic rings. The molecule has 1 amide bonds. The molecule has 0 radical (unpaired) electrons. The van der Waals surface area contributed by atoms with E-state index in [-0.39, 0.29) is 0 Å². The third-order valence-electron chi connectivity index (χ3n) is 3.29. The summed E-state index contributed by atoms with van der Waals surface area (Å²) in [5, 5.41) is 3.37. The Balaban J connectivity index is 2.32. The number of hydrogen-bond donors (Lipinski definition) is 1. The van der Waals surface area contributed by atoms with Crippen molar-refractivity contribution in [3.63, 3.8) is 0 Å². The normalized spacial score (nSPS) is 20.1. The first-order chi connectivity index (χ1) is 8.22. The van der Waals surface area contributed by atoms with Gasteiger partial charge in [0.15, 0.2) is 0 Å². The van der Waals surface area contributed by atoms with Gasteiger partial charge in [0.05, 0.1) is 11.4 Å². The topological polar surface area (TPSA) is 32.3 Å². The average molecular weight is 253 g/mol. The molecule has 3 nitrogen and oxygen atoms in total. The zero-order chi connectivity index (χ0) is 12.3. The van der Waals surface area contributed by atoms with Crippen molar-refractivity contribution < 1.29 is 4.79 Å². The summed E-state index contributed by atoms with van der Waals surface area (Å²) >= 11 is 5.95. The Morgan fingerprint density at radius 1 is 1.47 bits per heavy atom. The van der Waals surface area contributed by atoms with Gasteiger partial charge in [0.1, 0.15) is 0 Å². The van der Waals surface area contributed by atoms with Crippen LogP contribution >= 0.6 is 11.6 Å². The maximum atomic E-state index is 10.6. The van der Waals surface area contributed by atoms with E-state index >= 15 is 0 Å². The molecular formula is C13H17ClN2O.